The lowest BCUT2D eigenvalue weighted by atomic mass is 10.0. The van der Waals surface area contributed by atoms with Crippen LogP contribution in [0.5, 0.6) is 0 Å². The molecular formula is C13H18N2O2. The first-order valence-electron chi connectivity index (χ1n) is 5.81. The second kappa shape index (κ2) is 4.85. The highest BCUT2D eigenvalue weighted by Gasteiger charge is 2.30. The molecule has 0 aliphatic carbocycles. The van der Waals surface area contributed by atoms with Gasteiger partial charge >= 0.3 is 0 Å². The van der Waals surface area contributed by atoms with Gasteiger partial charge in [0.25, 0.3) is 5.91 Å². The number of nitrogens with zero attached hydrogens (tertiary/aromatic N) is 1. The van der Waals surface area contributed by atoms with Crippen LogP contribution in [-0.2, 0) is 9.53 Å². The Morgan fingerprint density at radius 1 is 1.41 bits per heavy atom. The standard InChI is InChI=1S/C13H18N2O2/c1-9-4-3-5-10(2)13(9)15-11(6-14)7-17-8-12(15)16/h3-5,11H,6-8,14H2,1-2H3. The molecule has 1 heterocycles. The van der Waals surface area contributed by atoms with E-state index in [4.69, 9.17) is 10.5 Å². The van der Waals surface area contributed by atoms with Gasteiger partial charge in [-0.1, -0.05) is 18.2 Å². The van der Waals surface area contributed by atoms with Gasteiger partial charge in [-0.25, -0.2) is 0 Å². The van der Waals surface area contributed by atoms with E-state index >= 15 is 0 Å². The van der Waals surface area contributed by atoms with Crippen molar-refractivity contribution in [2.24, 2.45) is 5.73 Å². The molecular weight excluding hydrogens is 216 g/mol. The Hall–Kier alpha value is -1.39. The highest BCUT2D eigenvalue weighted by Crippen LogP contribution is 2.27. The third kappa shape index (κ3) is 2.18. The highest BCUT2D eigenvalue weighted by molar-refractivity contribution is 5.97. The van der Waals surface area contributed by atoms with Gasteiger partial charge in [-0.05, 0) is 25.0 Å². The Morgan fingerprint density at radius 2 is 2.06 bits per heavy atom. The van der Waals surface area contributed by atoms with Crippen LogP contribution in [0.3, 0.4) is 0 Å². The summed E-state index contributed by atoms with van der Waals surface area (Å²) in [5, 5.41) is 0. The molecule has 1 amide bonds. The molecule has 92 valence electrons. The van der Waals surface area contributed by atoms with Gasteiger partial charge in [-0.2, -0.15) is 0 Å². The SMILES string of the molecule is Cc1cccc(C)c1N1C(=O)COCC1CN. The molecule has 0 bridgehead atoms. The highest BCUT2D eigenvalue weighted by atomic mass is 16.5. The van der Waals surface area contributed by atoms with Gasteiger partial charge in [0.2, 0.25) is 0 Å². The van der Waals surface area contributed by atoms with Crippen LogP contribution < -0.4 is 10.6 Å². The zero-order chi connectivity index (χ0) is 12.4. The summed E-state index contributed by atoms with van der Waals surface area (Å²) in [6.45, 7) is 5.09. The Balaban J connectivity index is 2.45. The summed E-state index contributed by atoms with van der Waals surface area (Å²) in [7, 11) is 0. The number of hydrogen-bond donors (Lipinski definition) is 1. The molecule has 0 spiro atoms. The molecule has 1 atom stereocenters. The average Bonchev–Trinajstić information content (AvgIpc) is 2.30. The van der Waals surface area contributed by atoms with Crippen LogP contribution in [0.1, 0.15) is 11.1 Å². The second-order valence-electron chi connectivity index (χ2n) is 4.41. The predicted molar refractivity (Wildman–Crippen MR) is 67.1 cm³/mol. The first-order valence-corrected chi connectivity index (χ1v) is 5.81. The molecule has 17 heavy (non-hydrogen) atoms. The van der Waals surface area contributed by atoms with E-state index in [2.05, 4.69) is 0 Å². The Bertz CT molecular complexity index is 411. The molecule has 1 aromatic carbocycles. The number of benzene rings is 1. The number of amides is 1. The smallest absolute Gasteiger partial charge is 0.253 e. The maximum atomic E-state index is 12.0. The normalized spacial score (nSPS) is 20.8. The van der Waals surface area contributed by atoms with Gasteiger partial charge in [0.15, 0.2) is 0 Å². The van der Waals surface area contributed by atoms with Crippen LogP contribution in [0.4, 0.5) is 5.69 Å². The van der Waals surface area contributed by atoms with Gasteiger partial charge in [-0.15, -0.1) is 0 Å². The molecule has 0 aromatic heterocycles. The number of nitrogens with two attached hydrogens (primary N) is 1. The molecule has 2 rings (SSSR count). The average molecular weight is 234 g/mol. The zero-order valence-electron chi connectivity index (χ0n) is 10.3. The largest absolute Gasteiger partial charge is 0.369 e. The van der Waals surface area contributed by atoms with Crippen molar-refractivity contribution in [1.82, 2.24) is 0 Å². The number of hydrogen-bond acceptors (Lipinski definition) is 3. The summed E-state index contributed by atoms with van der Waals surface area (Å²) < 4.78 is 5.25. The summed E-state index contributed by atoms with van der Waals surface area (Å²) in [6, 6.07) is 5.96. The van der Waals surface area contributed by atoms with Gasteiger partial charge in [0, 0.05) is 12.2 Å². The van der Waals surface area contributed by atoms with E-state index < -0.39 is 0 Å². The summed E-state index contributed by atoms with van der Waals surface area (Å²) in [5.74, 6) is -0.0101. The quantitative estimate of drug-likeness (QED) is 0.830. The molecule has 4 nitrogen and oxygen atoms in total. The third-order valence-corrected chi connectivity index (χ3v) is 3.12. The number of para-hydroxylation sites is 1. The molecule has 2 N–H and O–H groups in total. The van der Waals surface area contributed by atoms with Crippen molar-refractivity contribution in [3.8, 4) is 0 Å². The summed E-state index contributed by atoms with van der Waals surface area (Å²) in [5.41, 5.74) is 8.89. The van der Waals surface area contributed by atoms with Crippen molar-refractivity contribution in [3.05, 3.63) is 29.3 Å². The minimum atomic E-state index is -0.0592. The van der Waals surface area contributed by atoms with E-state index in [0.717, 1.165) is 16.8 Å². The zero-order valence-corrected chi connectivity index (χ0v) is 10.3. The van der Waals surface area contributed by atoms with Crippen LogP contribution in [0.25, 0.3) is 0 Å². The molecule has 4 heteroatoms. The van der Waals surface area contributed by atoms with E-state index in [0.29, 0.717) is 13.2 Å². The second-order valence-corrected chi connectivity index (χ2v) is 4.41. The minimum Gasteiger partial charge on any atom is -0.369 e. The predicted octanol–water partition coefficient (Wildman–Crippen LogP) is 0.994. The maximum Gasteiger partial charge on any atom is 0.253 e. The number of carbonyl (C=O) groups excluding carboxylic acids is 1. The van der Waals surface area contributed by atoms with E-state index in [1.165, 1.54) is 0 Å². The summed E-state index contributed by atoms with van der Waals surface area (Å²) in [6.07, 6.45) is 0. The van der Waals surface area contributed by atoms with Gasteiger partial charge in [0.1, 0.15) is 6.61 Å². The minimum absolute atomic E-state index is 0.0101. The van der Waals surface area contributed by atoms with Crippen molar-refractivity contribution in [2.45, 2.75) is 19.9 Å². The number of ether oxygens (including phenoxy) is 1. The molecule has 1 aliphatic heterocycles. The fraction of sp³-hybridized carbons (Fsp3) is 0.462. The molecule has 0 radical (unpaired) electrons. The third-order valence-electron chi connectivity index (χ3n) is 3.12. The van der Waals surface area contributed by atoms with Crippen LogP contribution in [-0.4, -0.2) is 31.7 Å². The van der Waals surface area contributed by atoms with Gasteiger partial charge in [-0.3, -0.25) is 4.79 Å². The first kappa shape index (κ1) is 12.1. The number of rotatable bonds is 2. The van der Waals surface area contributed by atoms with Gasteiger partial charge < -0.3 is 15.4 Å². The lowest BCUT2D eigenvalue weighted by molar-refractivity contribution is -0.127. The monoisotopic (exact) mass is 234 g/mol. The van der Waals surface area contributed by atoms with Crippen molar-refractivity contribution in [1.29, 1.82) is 0 Å². The summed E-state index contributed by atoms with van der Waals surface area (Å²) in [4.78, 5) is 13.8. The van der Waals surface area contributed by atoms with Crippen LogP contribution in [0, 0.1) is 13.8 Å². The van der Waals surface area contributed by atoms with E-state index in [9.17, 15) is 4.79 Å². The van der Waals surface area contributed by atoms with Crippen molar-refractivity contribution in [3.63, 3.8) is 0 Å². The number of morpholine rings is 1. The fourth-order valence-electron chi connectivity index (χ4n) is 2.30. The van der Waals surface area contributed by atoms with Gasteiger partial charge in [0.05, 0.1) is 12.6 Å². The Kier molecular flexibility index (Phi) is 3.45. The Labute approximate surface area is 101 Å². The molecule has 1 unspecified atom stereocenters. The van der Waals surface area contributed by atoms with Crippen LogP contribution in [0.2, 0.25) is 0 Å². The maximum absolute atomic E-state index is 12.0. The van der Waals surface area contributed by atoms with Crippen molar-refractivity contribution < 1.29 is 9.53 Å². The number of aryl methyl sites for hydroxylation is 2. The molecule has 0 saturated carbocycles. The van der Waals surface area contributed by atoms with E-state index in [1.807, 2.05) is 32.0 Å². The van der Waals surface area contributed by atoms with E-state index in [-0.39, 0.29) is 18.6 Å². The topological polar surface area (TPSA) is 55.6 Å². The number of anilines is 1. The first-order chi connectivity index (χ1) is 8.15. The van der Waals surface area contributed by atoms with Crippen molar-refractivity contribution >= 4 is 11.6 Å². The number of carbonyl (C=O) groups is 1. The molecule has 1 fully saturated rings. The summed E-state index contributed by atoms with van der Waals surface area (Å²) >= 11 is 0. The van der Waals surface area contributed by atoms with Crippen LogP contribution in [0.15, 0.2) is 18.2 Å². The molecule has 1 aromatic rings. The van der Waals surface area contributed by atoms with Crippen LogP contribution >= 0.6 is 0 Å². The Morgan fingerprint density at radius 3 is 2.65 bits per heavy atom. The van der Waals surface area contributed by atoms with E-state index in [1.54, 1.807) is 4.90 Å². The molecule has 1 aliphatic rings. The van der Waals surface area contributed by atoms with Crippen molar-refractivity contribution in [2.75, 3.05) is 24.7 Å². The lowest BCUT2D eigenvalue weighted by Crippen LogP contribution is -2.53. The molecule has 1 saturated heterocycles. The lowest BCUT2D eigenvalue weighted by Gasteiger charge is -2.36. The fourth-order valence-corrected chi connectivity index (χ4v) is 2.30.